The van der Waals surface area contributed by atoms with Crippen LogP contribution in [0, 0.1) is 17.5 Å². The zero-order valence-electron chi connectivity index (χ0n) is 12.8. The fourth-order valence-electron chi connectivity index (χ4n) is 2.97. The Morgan fingerprint density at radius 1 is 1.18 bits per heavy atom. The van der Waals surface area contributed by atoms with Crippen molar-refractivity contribution < 1.29 is 13.2 Å². The third-order valence-corrected chi connectivity index (χ3v) is 4.11. The molecule has 1 atom stereocenters. The quantitative estimate of drug-likeness (QED) is 0.468. The molecule has 22 heavy (non-hydrogen) atoms. The molecule has 0 radical (unpaired) electrons. The third kappa shape index (κ3) is 4.34. The summed E-state index contributed by atoms with van der Waals surface area (Å²) in [7, 11) is 0. The summed E-state index contributed by atoms with van der Waals surface area (Å²) < 4.78 is 41.2. The number of rotatable bonds is 7. The van der Waals surface area contributed by atoms with Crippen LogP contribution in [0.4, 0.5) is 13.2 Å². The molecule has 0 aromatic heterocycles. The first-order valence-electron chi connectivity index (χ1n) is 7.83. The van der Waals surface area contributed by atoms with E-state index in [1.165, 1.54) is 0 Å². The highest BCUT2D eigenvalue weighted by Gasteiger charge is 2.26. The molecule has 1 N–H and O–H groups in total. The molecule has 1 aromatic rings. The molecule has 0 aliphatic carbocycles. The largest absolute Gasteiger partial charge is 0.314 e. The summed E-state index contributed by atoms with van der Waals surface area (Å²) in [5.41, 5.74) is 0.137. The minimum atomic E-state index is -1.11. The lowest BCUT2D eigenvalue weighted by molar-refractivity contribution is 0.158. The third-order valence-electron chi connectivity index (χ3n) is 4.11. The van der Waals surface area contributed by atoms with Crippen molar-refractivity contribution in [3.8, 4) is 0 Å². The number of benzene rings is 1. The molecule has 0 unspecified atom stereocenters. The molecule has 0 spiro atoms. The normalized spacial score (nSPS) is 17.4. The van der Waals surface area contributed by atoms with Crippen LogP contribution in [-0.2, 0) is 0 Å². The molecule has 2 rings (SSSR count). The molecule has 1 aromatic carbocycles. The van der Waals surface area contributed by atoms with Gasteiger partial charge < -0.3 is 5.32 Å². The van der Waals surface area contributed by atoms with E-state index >= 15 is 0 Å². The molecule has 122 valence electrons. The lowest BCUT2D eigenvalue weighted by Crippen LogP contribution is -2.45. The maximum atomic E-state index is 14.2. The fourth-order valence-corrected chi connectivity index (χ4v) is 2.97. The summed E-state index contributed by atoms with van der Waals surface area (Å²) in [6.45, 7) is 6.81. The summed E-state index contributed by atoms with van der Waals surface area (Å²) in [5.74, 6) is -2.75. The first-order chi connectivity index (χ1) is 10.6. The number of piperazine rings is 1. The predicted molar refractivity (Wildman–Crippen MR) is 82.2 cm³/mol. The summed E-state index contributed by atoms with van der Waals surface area (Å²) in [6, 6.07) is 1.46. The highest BCUT2D eigenvalue weighted by atomic mass is 19.2. The Hall–Kier alpha value is -1.33. The van der Waals surface area contributed by atoms with Crippen molar-refractivity contribution in [3.63, 3.8) is 0 Å². The first kappa shape index (κ1) is 17.0. The van der Waals surface area contributed by atoms with Crippen molar-refractivity contribution in [2.24, 2.45) is 0 Å². The van der Waals surface area contributed by atoms with Gasteiger partial charge in [0.15, 0.2) is 11.6 Å². The number of unbranched alkanes of at least 4 members (excludes halogenated alkanes) is 2. The number of nitrogens with zero attached hydrogens (tertiary/aromatic N) is 1. The van der Waals surface area contributed by atoms with E-state index in [0.717, 1.165) is 51.5 Å². The van der Waals surface area contributed by atoms with Crippen LogP contribution < -0.4 is 5.32 Å². The van der Waals surface area contributed by atoms with Crippen LogP contribution in [0.25, 0.3) is 0 Å². The SMILES string of the molecule is C=CCCCC[C@@H](c1cc(F)cc(F)c1F)N1CCNCC1. The van der Waals surface area contributed by atoms with Gasteiger partial charge in [0.1, 0.15) is 5.82 Å². The molecular formula is C17H23F3N2. The Bertz CT molecular complexity index is 499. The minimum Gasteiger partial charge on any atom is -0.314 e. The number of hydrogen-bond acceptors (Lipinski definition) is 2. The zero-order chi connectivity index (χ0) is 15.9. The first-order valence-corrected chi connectivity index (χ1v) is 7.83. The van der Waals surface area contributed by atoms with E-state index in [1.54, 1.807) is 0 Å². The second-order valence-corrected chi connectivity index (χ2v) is 5.67. The average molecular weight is 312 g/mol. The molecule has 0 amide bonds. The van der Waals surface area contributed by atoms with Crippen molar-refractivity contribution in [2.75, 3.05) is 26.2 Å². The van der Waals surface area contributed by atoms with Crippen LogP contribution in [0.1, 0.15) is 37.3 Å². The topological polar surface area (TPSA) is 15.3 Å². The van der Waals surface area contributed by atoms with Crippen molar-refractivity contribution in [1.82, 2.24) is 10.2 Å². The molecule has 1 saturated heterocycles. The standard InChI is InChI=1S/C17H23F3N2/c1-2-3-4-5-6-16(22-9-7-21-8-10-22)14-11-13(18)12-15(19)17(14)20/h2,11-12,16,21H,1,3-10H2/t16-/m0/s1. The summed E-state index contributed by atoms with van der Waals surface area (Å²) in [6.07, 6.45) is 5.26. The van der Waals surface area contributed by atoms with Gasteiger partial charge in [-0.2, -0.15) is 0 Å². The van der Waals surface area contributed by atoms with E-state index in [2.05, 4.69) is 16.8 Å². The molecular weight excluding hydrogens is 289 g/mol. The van der Waals surface area contributed by atoms with E-state index in [1.807, 2.05) is 6.08 Å². The highest BCUT2D eigenvalue weighted by Crippen LogP contribution is 2.30. The van der Waals surface area contributed by atoms with E-state index in [-0.39, 0.29) is 11.6 Å². The van der Waals surface area contributed by atoms with Crippen molar-refractivity contribution >= 4 is 0 Å². The molecule has 1 aliphatic heterocycles. The molecule has 1 fully saturated rings. The molecule has 0 saturated carbocycles. The van der Waals surface area contributed by atoms with Gasteiger partial charge in [-0.3, -0.25) is 4.90 Å². The Morgan fingerprint density at radius 3 is 2.59 bits per heavy atom. The summed E-state index contributed by atoms with van der Waals surface area (Å²) in [4.78, 5) is 2.11. The Labute approximate surface area is 130 Å². The number of allylic oxidation sites excluding steroid dienone is 1. The zero-order valence-corrected chi connectivity index (χ0v) is 12.8. The van der Waals surface area contributed by atoms with Crippen LogP contribution in [0.5, 0.6) is 0 Å². The summed E-state index contributed by atoms with van der Waals surface area (Å²) in [5, 5.41) is 3.24. The van der Waals surface area contributed by atoms with Crippen molar-refractivity contribution in [1.29, 1.82) is 0 Å². The van der Waals surface area contributed by atoms with Crippen LogP contribution >= 0.6 is 0 Å². The van der Waals surface area contributed by atoms with Gasteiger partial charge >= 0.3 is 0 Å². The summed E-state index contributed by atoms with van der Waals surface area (Å²) >= 11 is 0. The molecule has 2 nitrogen and oxygen atoms in total. The monoisotopic (exact) mass is 312 g/mol. The smallest absolute Gasteiger partial charge is 0.163 e. The van der Waals surface area contributed by atoms with Gasteiger partial charge in [-0.1, -0.05) is 12.5 Å². The van der Waals surface area contributed by atoms with Crippen molar-refractivity contribution in [3.05, 3.63) is 47.8 Å². The lowest BCUT2D eigenvalue weighted by atomic mass is 9.97. The fraction of sp³-hybridized carbons (Fsp3) is 0.529. The van der Waals surface area contributed by atoms with Gasteiger partial charge in [-0.15, -0.1) is 6.58 Å². The van der Waals surface area contributed by atoms with Gasteiger partial charge in [0, 0.05) is 43.9 Å². The van der Waals surface area contributed by atoms with E-state index in [0.29, 0.717) is 12.5 Å². The van der Waals surface area contributed by atoms with Gasteiger partial charge in [-0.25, -0.2) is 13.2 Å². The predicted octanol–water partition coefficient (Wildman–Crippen LogP) is 3.80. The molecule has 1 heterocycles. The van der Waals surface area contributed by atoms with Gasteiger partial charge in [0.05, 0.1) is 0 Å². The second-order valence-electron chi connectivity index (χ2n) is 5.67. The minimum absolute atomic E-state index is 0.137. The number of nitrogens with one attached hydrogen (secondary N) is 1. The van der Waals surface area contributed by atoms with Crippen LogP contribution in [0.15, 0.2) is 24.8 Å². The number of halogens is 3. The van der Waals surface area contributed by atoms with Gasteiger partial charge in [0.2, 0.25) is 0 Å². The molecule has 1 aliphatic rings. The molecule has 5 heteroatoms. The molecule has 0 bridgehead atoms. The second kappa shape index (κ2) is 8.34. The van der Waals surface area contributed by atoms with E-state index in [9.17, 15) is 13.2 Å². The average Bonchev–Trinajstić information content (AvgIpc) is 2.52. The Balaban J connectivity index is 2.20. The highest BCUT2D eigenvalue weighted by molar-refractivity contribution is 5.24. The van der Waals surface area contributed by atoms with E-state index < -0.39 is 17.5 Å². The van der Waals surface area contributed by atoms with Crippen LogP contribution in [0.3, 0.4) is 0 Å². The Kier molecular flexibility index (Phi) is 6.46. The number of hydrogen-bond donors (Lipinski definition) is 1. The van der Waals surface area contributed by atoms with Crippen LogP contribution in [-0.4, -0.2) is 31.1 Å². The van der Waals surface area contributed by atoms with Crippen molar-refractivity contribution in [2.45, 2.75) is 31.7 Å². The lowest BCUT2D eigenvalue weighted by Gasteiger charge is -2.35. The maximum absolute atomic E-state index is 14.2. The van der Waals surface area contributed by atoms with Gasteiger partial charge in [0.25, 0.3) is 0 Å². The Morgan fingerprint density at radius 2 is 1.91 bits per heavy atom. The maximum Gasteiger partial charge on any atom is 0.163 e. The van der Waals surface area contributed by atoms with Crippen LogP contribution in [0.2, 0.25) is 0 Å². The van der Waals surface area contributed by atoms with E-state index in [4.69, 9.17) is 0 Å². The van der Waals surface area contributed by atoms with Gasteiger partial charge in [-0.05, 0) is 25.3 Å².